The zero-order valence-electron chi connectivity index (χ0n) is 10.3. The lowest BCUT2D eigenvalue weighted by Gasteiger charge is -2.14. The van der Waals surface area contributed by atoms with Crippen LogP contribution in [0.5, 0.6) is 0 Å². The molecule has 0 spiro atoms. The number of carbonyl (C=O) groups is 1. The molecule has 0 fully saturated rings. The Hall–Kier alpha value is -1.68. The van der Waals surface area contributed by atoms with Gasteiger partial charge in [0.2, 0.25) is 0 Å². The Bertz CT molecular complexity index is 545. The van der Waals surface area contributed by atoms with E-state index in [1.807, 2.05) is 32.2 Å². The summed E-state index contributed by atoms with van der Waals surface area (Å²) in [5.74, 6) is 0.825. The molecule has 2 aromatic rings. The van der Waals surface area contributed by atoms with Gasteiger partial charge in [-0.05, 0) is 31.7 Å². The molecule has 1 N–H and O–H groups in total. The number of oxazole rings is 1. The summed E-state index contributed by atoms with van der Waals surface area (Å²) in [5.41, 5.74) is 2.68. The van der Waals surface area contributed by atoms with E-state index in [0.717, 1.165) is 16.7 Å². The molecular weight excluding hydrogens is 216 g/mol. The average molecular weight is 232 g/mol. The van der Waals surface area contributed by atoms with Crippen molar-refractivity contribution in [2.45, 2.75) is 26.3 Å². The Labute approximate surface area is 100 Å². The smallest absolute Gasteiger partial charge is 0.192 e. The second-order valence-corrected chi connectivity index (χ2v) is 4.21. The van der Waals surface area contributed by atoms with Crippen molar-refractivity contribution in [1.82, 2.24) is 10.3 Å². The Morgan fingerprint density at radius 1 is 1.53 bits per heavy atom. The van der Waals surface area contributed by atoms with E-state index in [-0.39, 0.29) is 11.8 Å². The fourth-order valence-corrected chi connectivity index (χ4v) is 1.95. The number of fused-ring (bicyclic) bond motifs is 1. The lowest BCUT2D eigenvalue weighted by atomic mass is 10.0. The van der Waals surface area contributed by atoms with Crippen LogP contribution in [0.3, 0.4) is 0 Å². The fourth-order valence-electron chi connectivity index (χ4n) is 1.95. The number of hydrogen-bond acceptors (Lipinski definition) is 4. The van der Waals surface area contributed by atoms with Gasteiger partial charge in [0.1, 0.15) is 11.3 Å². The molecule has 1 unspecified atom stereocenters. The molecule has 0 aliphatic carbocycles. The molecule has 0 saturated carbocycles. The number of ketones is 1. The van der Waals surface area contributed by atoms with E-state index in [4.69, 9.17) is 4.42 Å². The molecule has 0 aliphatic heterocycles. The van der Waals surface area contributed by atoms with Crippen molar-refractivity contribution >= 4 is 16.9 Å². The highest BCUT2D eigenvalue weighted by atomic mass is 16.3. The molecule has 4 heteroatoms. The number of Topliss-reactive ketones (excluding diaryl/α,β-unsaturated/α-hetero) is 1. The third-order valence-electron chi connectivity index (χ3n) is 2.76. The minimum atomic E-state index is 0.0360. The first-order valence-corrected chi connectivity index (χ1v) is 5.64. The number of rotatable bonds is 4. The van der Waals surface area contributed by atoms with Crippen molar-refractivity contribution in [3.8, 4) is 0 Å². The monoisotopic (exact) mass is 232 g/mol. The first kappa shape index (κ1) is 11.8. The number of benzene rings is 1. The first-order chi connectivity index (χ1) is 8.10. The first-order valence-electron chi connectivity index (χ1n) is 5.64. The van der Waals surface area contributed by atoms with Gasteiger partial charge in [0.05, 0.1) is 0 Å². The Balaban J connectivity index is 2.36. The van der Waals surface area contributed by atoms with Gasteiger partial charge in [-0.25, -0.2) is 4.98 Å². The Morgan fingerprint density at radius 3 is 2.94 bits per heavy atom. The van der Waals surface area contributed by atoms with Gasteiger partial charge in [0, 0.05) is 19.4 Å². The van der Waals surface area contributed by atoms with Gasteiger partial charge in [-0.1, -0.05) is 6.07 Å². The third kappa shape index (κ3) is 2.53. The van der Waals surface area contributed by atoms with Gasteiger partial charge in [-0.2, -0.15) is 0 Å². The van der Waals surface area contributed by atoms with Crippen LogP contribution in [0.15, 0.2) is 22.6 Å². The summed E-state index contributed by atoms with van der Waals surface area (Å²) in [7, 11) is 1.85. The van der Waals surface area contributed by atoms with Gasteiger partial charge in [-0.15, -0.1) is 0 Å². The maximum Gasteiger partial charge on any atom is 0.192 e. The van der Waals surface area contributed by atoms with E-state index < -0.39 is 0 Å². The van der Waals surface area contributed by atoms with E-state index in [2.05, 4.69) is 10.3 Å². The van der Waals surface area contributed by atoms with Crippen molar-refractivity contribution in [3.63, 3.8) is 0 Å². The molecule has 1 aromatic carbocycles. The largest absolute Gasteiger partial charge is 0.441 e. The molecule has 0 amide bonds. The SMILES string of the molecule is CNC(CC(C)=O)c1ccc2oc(C)nc2c1. The standard InChI is InChI=1S/C13H16N2O2/c1-8(16)6-11(14-3)10-4-5-13-12(7-10)15-9(2)17-13/h4-5,7,11,14H,6H2,1-3H3. The molecular formula is C13H16N2O2. The minimum absolute atomic E-state index is 0.0360. The predicted molar refractivity (Wildman–Crippen MR) is 65.8 cm³/mol. The van der Waals surface area contributed by atoms with Crippen LogP contribution in [0.25, 0.3) is 11.1 Å². The Morgan fingerprint density at radius 2 is 2.29 bits per heavy atom. The summed E-state index contributed by atoms with van der Waals surface area (Å²) in [6.45, 7) is 3.42. The van der Waals surface area contributed by atoms with Gasteiger partial charge >= 0.3 is 0 Å². The number of aryl methyl sites for hydroxylation is 1. The molecule has 0 bridgehead atoms. The summed E-state index contributed by atoms with van der Waals surface area (Å²) in [6.07, 6.45) is 0.485. The third-order valence-corrected chi connectivity index (χ3v) is 2.76. The molecule has 0 aliphatic rings. The molecule has 4 nitrogen and oxygen atoms in total. The van der Waals surface area contributed by atoms with E-state index >= 15 is 0 Å². The van der Waals surface area contributed by atoms with E-state index in [0.29, 0.717) is 12.3 Å². The molecule has 1 heterocycles. The molecule has 17 heavy (non-hydrogen) atoms. The van der Waals surface area contributed by atoms with Crippen molar-refractivity contribution in [3.05, 3.63) is 29.7 Å². The quantitative estimate of drug-likeness (QED) is 0.879. The predicted octanol–water partition coefficient (Wildman–Crippen LogP) is 2.38. The molecule has 90 valence electrons. The lowest BCUT2D eigenvalue weighted by molar-refractivity contribution is -0.117. The Kier molecular flexibility index (Phi) is 3.24. The van der Waals surface area contributed by atoms with Gasteiger partial charge in [-0.3, -0.25) is 4.79 Å². The normalized spacial score (nSPS) is 12.9. The number of carbonyl (C=O) groups excluding carboxylic acids is 1. The van der Waals surface area contributed by atoms with Crippen LogP contribution in [0.4, 0.5) is 0 Å². The topological polar surface area (TPSA) is 55.1 Å². The van der Waals surface area contributed by atoms with Crippen LogP contribution >= 0.6 is 0 Å². The lowest BCUT2D eigenvalue weighted by Crippen LogP contribution is -2.18. The van der Waals surface area contributed by atoms with Crippen LogP contribution in [-0.4, -0.2) is 17.8 Å². The second kappa shape index (κ2) is 4.67. The number of nitrogens with zero attached hydrogens (tertiary/aromatic N) is 1. The van der Waals surface area contributed by atoms with Crippen molar-refractivity contribution in [2.24, 2.45) is 0 Å². The maximum atomic E-state index is 11.2. The number of aromatic nitrogens is 1. The van der Waals surface area contributed by atoms with E-state index in [1.54, 1.807) is 6.92 Å². The van der Waals surface area contributed by atoms with Gasteiger partial charge < -0.3 is 9.73 Å². The van der Waals surface area contributed by atoms with Gasteiger partial charge in [0.15, 0.2) is 11.5 Å². The molecule has 1 atom stereocenters. The molecule has 2 rings (SSSR count). The van der Waals surface area contributed by atoms with E-state index in [1.165, 1.54) is 0 Å². The van der Waals surface area contributed by atoms with E-state index in [9.17, 15) is 4.79 Å². The summed E-state index contributed by atoms with van der Waals surface area (Å²) in [4.78, 5) is 15.5. The molecule has 1 aromatic heterocycles. The van der Waals surface area contributed by atoms with Gasteiger partial charge in [0.25, 0.3) is 0 Å². The summed E-state index contributed by atoms with van der Waals surface area (Å²) in [5, 5.41) is 3.14. The average Bonchev–Trinajstić information content (AvgIpc) is 2.64. The van der Waals surface area contributed by atoms with Crippen LogP contribution in [0.2, 0.25) is 0 Å². The number of hydrogen-bond donors (Lipinski definition) is 1. The maximum absolute atomic E-state index is 11.2. The van der Waals surface area contributed by atoms with Crippen LogP contribution in [0, 0.1) is 6.92 Å². The second-order valence-electron chi connectivity index (χ2n) is 4.21. The van der Waals surface area contributed by atoms with Crippen molar-refractivity contribution in [1.29, 1.82) is 0 Å². The zero-order chi connectivity index (χ0) is 12.4. The molecule has 0 saturated heterocycles. The number of nitrogens with one attached hydrogen (secondary N) is 1. The van der Waals surface area contributed by atoms with Crippen LogP contribution in [0.1, 0.15) is 30.8 Å². The van der Waals surface area contributed by atoms with Crippen LogP contribution < -0.4 is 5.32 Å². The van der Waals surface area contributed by atoms with Crippen molar-refractivity contribution < 1.29 is 9.21 Å². The highest BCUT2D eigenvalue weighted by Gasteiger charge is 2.13. The molecule has 0 radical (unpaired) electrons. The highest BCUT2D eigenvalue weighted by molar-refractivity contribution is 5.77. The summed E-state index contributed by atoms with van der Waals surface area (Å²) < 4.78 is 5.42. The minimum Gasteiger partial charge on any atom is -0.441 e. The van der Waals surface area contributed by atoms with Crippen LogP contribution in [-0.2, 0) is 4.79 Å². The highest BCUT2D eigenvalue weighted by Crippen LogP contribution is 2.22. The fraction of sp³-hybridized carbons (Fsp3) is 0.385. The zero-order valence-corrected chi connectivity index (χ0v) is 10.3. The summed E-state index contributed by atoms with van der Waals surface area (Å²) in [6, 6.07) is 5.87. The van der Waals surface area contributed by atoms with Crippen molar-refractivity contribution in [2.75, 3.05) is 7.05 Å². The summed E-state index contributed by atoms with van der Waals surface area (Å²) >= 11 is 0.